The Bertz CT molecular complexity index is 1430. The van der Waals surface area contributed by atoms with E-state index in [1.807, 2.05) is 89.8 Å². The van der Waals surface area contributed by atoms with E-state index in [9.17, 15) is 9.59 Å². The van der Waals surface area contributed by atoms with Gasteiger partial charge >= 0.3 is 0 Å². The molecule has 4 aromatic rings. The Labute approximate surface area is 217 Å². The minimum absolute atomic E-state index is 0.00602. The van der Waals surface area contributed by atoms with E-state index in [0.29, 0.717) is 29.4 Å². The van der Waals surface area contributed by atoms with Gasteiger partial charge in [0, 0.05) is 41.6 Å². The van der Waals surface area contributed by atoms with E-state index < -0.39 is 0 Å². The van der Waals surface area contributed by atoms with Gasteiger partial charge in [0.25, 0.3) is 11.8 Å². The fourth-order valence-corrected chi connectivity index (χ4v) is 5.54. The summed E-state index contributed by atoms with van der Waals surface area (Å²) in [5.74, 6) is -0.185. The van der Waals surface area contributed by atoms with Crippen LogP contribution in [0, 0.1) is 0 Å². The lowest BCUT2D eigenvalue weighted by Crippen LogP contribution is -2.40. The van der Waals surface area contributed by atoms with E-state index >= 15 is 0 Å². The van der Waals surface area contributed by atoms with Crippen LogP contribution < -0.4 is 10.2 Å². The molecule has 37 heavy (non-hydrogen) atoms. The van der Waals surface area contributed by atoms with Crippen molar-refractivity contribution in [3.8, 4) is 11.1 Å². The Kier molecular flexibility index (Phi) is 6.29. The summed E-state index contributed by atoms with van der Waals surface area (Å²) in [6.07, 6.45) is 2.30. The fourth-order valence-electron chi connectivity index (χ4n) is 5.54. The Morgan fingerprint density at radius 3 is 2.35 bits per heavy atom. The molecule has 4 aromatic carbocycles. The summed E-state index contributed by atoms with van der Waals surface area (Å²) in [5, 5.41) is 3.00. The second kappa shape index (κ2) is 10.0. The topological polar surface area (TPSA) is 52.7 Å². The van der Waals surface area contributed by atoms with Crippen molar-refractivity contribution in [1.29, 1.82) is 0 Å². The van der Waals surface area contributed by atoms with Crippen LogP contribution in [0.2, 0.25) is 0 Å². The quantitative estimate of drug-likeness (QED) is 0.371. The van der Waals surface area contributed by atoms with E-state index in [2.05, 4.69) is 16.3 Å². The lowest BCUT2D eigenvalue weighted by Gasteiger charge is -2.26. The van der Waals surface area contributed by atoms with Crippen LogP contribution in [0.5, 0.6) is 0 Å². The van der Waals surface area contributed by atoms with Gasteiger partial charge in [0.2, 0.25) is 0 Å². The molecular formula is C32H29N3O2. The van der Waals surface area contributed by atoms with Crippen molar-refractivity contribution in [2.75, 3.05) is 23.3 Å². The molecule has 1 N–H and O–H groups in total. The zero-order valence-electron chi connectivity index (χ0n) is 20.6. The SMILES string of the molecule is O=C(Nc1ccc(C(=O)N2CC3CCCN3Cc3ccccc32)cc1)c1ccccc1-c1ccccc1. The number of hydrogen-bond acceptors (Lipinski definition) is 3. The second-order valence-corrected chi connectivity index (χ2v) is 9.75. The molecule has 1 saturated heterocycles. The normalized spacial score (nSPS) is 17.0. The van der Waals surface area contributed by atoms with Crippen LogP contribution in [-0.2, 0) is 6.54 Å². The molecular weight excluding hydrogens is 458 g/mol. The molecule has 0 aliphatic carbocycles. The highest BCUT2D eigenvalue weighted by Crippen LogP contribution is 2.32. The lowest BCUT2D eigenvalue weighted by atomic mass is 9.99. The van der Waals surface area contributed by atoms with Crippen molar-refractivity contribution in [2.24, 2.45) is 0 Å². The van der Waals surface area contributed by atoms with Gasteiger partial charge in [-0.05, 0) is 72.5 Å². The van der Waals surface area contributed by atoms with E-state index in [1.165, 1.54) is 12.0 Å². The molecule has 1 unspecified atom stereocenters. The standard InChI is InChI=1S/C32H29N3O2/c36-31(29-14-6-5-13-28(29)23-9-2-1-3-10-23)33-26-18-16-24(17-19-26)32(37)35-22-27-12-8-20-34(27)21-25-11-4-7-15-30(25)35/h1-7,9-11,13-19,27H,8,12,20-22H2,(H,33,36). The minimum atomic E-state index is -0.179. The molecule has 184 valence electrons. The molecule has 0 radical (unpaired) electrons. The smallest absolute Gasteiger partial charge is 0.258 e. The maximum Gasteiger partial charge on any atom is 0.258 e. The molecule has 2 amide bonds. The number of fused-ring (bicyclic) bond motifs is 2. The van der Waals surface area contributed by atoms with Crippen molar-refractivity contribution in [3.63, 3.8) is 0 Å². The number of carbonyl (C=O) groups is 2. The van der Waals surface area contributed by atoms with E-state index in [1.54, 1.807) is 12.1 Å². The van der Waals surface area contributed by atoms with Gasteiger partial charge in [0.15, 0.2) is 0 Å². The first-order chi connectivity index (χ1) is 18.2. The van der Waals surface area contributed by atoms with Gasteiger partial charge in [-0.2, -0.15) is 0 Å². The van der Waals surface area contributed by atoms with Crippen LogP contribution in [-0.4, -0.2) is 35.8 Å². The molecule has 0 spiro atoms. The molecule has 5 nitrogen and oxygen atoms in total. The average Bonchev–Trinajstić information content (AvgIpc) is 3.32. The Balaban J connectivity index is 1.22. The number of anilines is 2. The average molecular weight is 488 g/mol. The predicted molar refractivity (Wildman–Crippen MR) is 148 cm³/mol. The Morgan fingerprint density at radius 1 is 0.784 bits per heavy atom. The Hall–Kier alpha value is -4.22. The first-order valence-corrected chi connectivity index (χ1v) is 12.9. The molecule has 1 atom stereocenters. The monoisotopic (exact) mass is 487 g/mol. The largest absolute Gasteiger partial charge is 0.322 e. The van der Waals surface area contributed by atoms with Crippen LogP contribution in [0.1, 0.15) is 39.1 Å². The number of nitrogens with one attached hydrogen (secondary N) is 1. The Morgan fingerprint density at radius 2 is 1.51 bits per heavy atom. The summed E-state index contributed by atoms with van der Waals surface area (Å²) in [6, 6.07) is 33.3. The van der Waals surface area contributed by atoms with Gasteiger partial charge in [-0.3, -0.25) is 14.5 Å². The number of rotatable bonds is 4. The third-order valence-corrected chi connectivity index (χ3v) is 7.44. The maximum atomic E-state index is 13.7. The molecule has 6 rings (SSSR count). The highest BCUT2D eigenvalue weighted by atomic mass is 16.2. The summed E-state index contributed by atoms with van der Waals surface area (Å²) in [7, 11) is 0. The molecule has 2 aliphatic heterocycles. The molecule has 0 aromatic heterocycles. The van der Waals surface area contributed by atoms with Crippen LogP contribution in [0.15, 0.2) is 103 Å². The third-order valence-electron chi connectivity index (χ3n) is 7.44. The molecule has 1 fully saturated rings. The zero-order chi connectivity index (χ0) is 25.2. The summed E-state index contributed by atoms with van der Waals surface area (Å²) in [5.41, 5.74) is 5.95. The van der Waals surface area contributed by atoms with Gasteiger partial charge in [-0.1, -0.05) is 66.7 Å². The number of para-hydroxylation sites is 1. The van der Waals surface area contributed by atoms with E-state index in [4.69, 9.17) is 0 Å². The molecule has 2 aliphatic rings. The number of hydrogen-bond donors (Lipinski definition) is 1. The van der Waals surface area contributed by atoms with Crippen molar-refractivity contribution >= 4 is 23.2 Å². The van der Waals surface area contributed by atoms with Crippen molar-refractivity contribution in [2.45, 2.75) is 25.4 Å². The van der Waals surface area contributed by atoms with Gasteiger partial charge in [0.1, 0.15) is 0 Å². The summed E-state index contributed by atoms with van der Waals surface area (Å²) in [4.78, 5) is 31.3. The zero-order valence-corrected chi connectivity index (χ0v) is 20.6. The van der Waals surface area contributed by atoms with Gasteiger partial charge in [0.05, 0.1) is 0 Å². The number of carbonyl (C=O) groups excluding carboxylic acids is 2. The fraction of sp³-hybridized carbons (Fsp3) is 0.188. The van der Waals surface area contributed by atoms with Crippen molar-refractivity contribution in [3.05, 3.63) is 120 Å². The summed E-state index contributed by atoms with van der Waals surface area (Å²) >= 11 is 0. The molecule has 5 heteroatoms. The number of benzene rings is 4. The van der Waals surface area contributed by atoms with Gasteiger partial charge < -0.3 is 10.2 Å². The van der Waals surface area contributed by atoms with Crippen LogP contribution >= 0.6 is 0 Å². The molecule has 2 heterocycles. The third kappa shape index (κ3) is 4.66. The summed E-state index contributed by atoms with van der Waals surface area (Å²) < 4.78 is 0. The van der Waals surface area contributed by atoms with Crippen LogP contribution in [0.4, 0.5) is 11.4 Å². The number of nitrogens with zero attached hydrogens (tertiary/aromatic N) is 2. The van der Waals surface area contributed by atoms with Gasteiger partial charge in [-0.25, -0.2) is 0 Å². The van der Waals surface area contributed by atoms with Crippen molar-refractivity contribution in [1.82, 2.24) is 4.90 Å². The van der Waals surface area contributed by atoms with E-state index in [0.717, 1.165) is 36.3 Å². The van der Waals surface area contributed by atoms with Gasteiger partial charge in [-0.15, -0.1) is 0 Å². The predicted octanol–water partition coefficient (Wildman–Crippen LogP) is 6.23. The first kappa shape index (κ1) is 23.2. The van der Waals surface area contributed by atoms with Crippen LogP contribution in [0.25, 0.3) is 11.1 Å². The first-order valence-electron chi connectivity index (χ1n) is 12.9. The highest BCUT2D eigenvalue weighted by Gasteiger charge is 2.33. The number of amides is 2. The lowest BCUT2D eigenvalue weighted by molar-refractivity contribution is 0.0980. The van der Waals surface area contributed by atoms with E-state index in [-0.39, 0.29) is 11.8 Å². The maximum absolute atomic E-state index is 13.7. The van der Waals surface area contributed by atoms with Crippen molar-refractivity contribution < 1.29 is 9.59 Å². The summed E-state index contributed by atoms with van der Waals surface area (Å²) in [6.45, 7) is 2.67. The van der Waals surface area contributed by atoms with Crippen LogP contribution in [0.3, 0.4) is 0 Å². The molecule has 0 saturated carbocycles. The molecule has 0 bridgehead atoms. The highest BCUT2D eigenvalue weighted by molar-refractivity contribution is 6.09. The second-order valence-electron chi connectivity index (χ2n) is 9.75. The minimum Gasteiger partial charge on any atom is -0.322 e.